The molecule has 4 nitrogen and oxygen atoms in total. The summed E-state index contributed by atoms with van der Waals surface area (Å²) >= 11 is 5.55. The van der Waals surface area contributed by atoms with Crippen LogP contribution in [0.2, 0.25) is 0 Å². The molecule has 1 N–H and O–H groups in total. The van der Waals surface area contributed by atoms with Crippen molar-refractivity contribution < 1.29 is 13.2 Å². The topological polar surface area (TPSA) is 55.4 Å². The van der Waals surface area contributed by atoms with Crippen LogP contribution in [0.1, 0.15) is 13.8 Å². The van der Waals surface area contributed by atoms with E-state index in [9.17, 15) is 8.42 Å². The van der Waals surface area contributed by atoms with Crippen LogP contribution in [0.15, 0.2) is 0 Å². The summed E-state index contributed by atoms with van der Waals surface area (Å²) in [7, 11) is -1.74. The van der Waals surface area contributed by atoms with Gasteiger partial charge in [-0.3, -0.25) is 0 Å². The Morgan fingerprint density at radius 2 is 2.00 bits per heavy atom. The fourth-order valence-corrected chi connectivity index (χ4v) is 1.83. The summed E-state index contributed by atoms with van der Waals surface area (Å²) in [6.07, 6.45) is 0. The largest absolute Gasteiger partial charge is 0.383 e. The number of sulfonamides is 1. The highest BCUT2D eigenvalue weighted by Gasteiger charge is 2.20. The minimum absolute atomic E-state index is 0.208. The summed E-state index contributed by atoms with van der Waals surface area (Å²) in [6.45, 7) is 3.51. The molecule has 0 saturated carbocycles. The lowest BCUT2D eigenvalue weighted by atomic mass is 10.4. The normalized spacial score (nSPS) is 14.8. The van der Waals surface area contributed by atoms with E-state index in [4.69, 9.17) is 16.3 Å². The number of hydrogen-bond acceptors (Lipinski definition) is 3. The van der Waals surface area contributed by atoms with E-state index in [1.165, 1.54) is 7.11 Å². The van der Waals surface area contributed by atoms with Crippen LogP contribution in [-0.2, 0) is 14.8 Å². The Kier molecular flexibility index (Phi) is 5.87. The first-order valence-corrected chi connectivity index (χ1v) is 6.08. The second-order valence-corrected chi connectivity index (χ2v) is 5.60. The van der Waals surface area contributed by atoms with Crippen molar-refractivity contribution in [1.29, 1.82) is 0 Å². The third kappa shape index (κ3) is 4.81. The molecule has 0 aromatic heterocycles. The van der Waals surface area contributed by atoms with Crippen LogP contribution in [0, 0.1) is 0 Å². The minimum atomic E-state index is -3.25. The molecule has 1 atom stereocenters. The Morgan fingerprint density at radius 1 is 1.46 bits per heavy atom. The van der Waals surface area contributed by atoms with Crippen LogP contribution < -0.4 is 4.72 Å². The summed E-state index contributed by atoms with van der Waals surface area (Å²) in [6, 6.07) is -0.348. The zero-order valence-electron chi connectivity index (χ0n) is 8.08. The molecule has 0 radical (unpaired) electrons. The molecule has 0 aliphatic heterocycles. The van der Waals surface area contributed by atoms with E-state index in [0.717, 1.165) is 0 Å². The summed E-state index contributed by atoms with van der Waals surface area (Å²) in [5.74, 6) is 0.208. The molecule has 0 aromatic rings. The van der Waals surface area contributed by atoms with Crippen molar-refractivity contribution in [1.82, 2.24) is 4.72 Å². The molecule has 0 fully saturated rings. The lowest BCUT2D eigenvalue weighted by Gasteiger charge is -2.16. The van der Waals surface area contributed by atoms with E-state index >= 15 is 0 Å². The molecule has 0 saturated heterocycles. The Hall–Kier alpha value is 0.160. The SMILES string of the molecule is COCC(CCl)NS(=O)(=O)C(C)C. The third-order valence-corrected chi connectivity index (χ3v) is 3.78. The van der Waals surface area contributed by atoms with E-state index in [2.05, 4.69) is 4.72 Å². The Balaban J connectivity index is 4.23. The van der Waals surface area contributed by atoms with Gasteiger partial charge in [-0.2, -0.15) is 0 Å². The van der Waals surface area contributed by atoms with Crippen LogP contribution in [0.4, 0.5) is 0 Å². The number of rotatable bonds is 6. The lowest BCUT2D eigenvalue weighted by molar-refractivity contribution is 0.181. The molecule has 13 heavy (non-hydrogen) atoms. The predicted molar refractivity (Wildman–Crippen MR) is 53.6 cm³/mol. The van der Waals surface area contributed by atoms with Crippen molar-refractivity contribution in [3.63, 3.8) is 0 Å². The monoisotopic (exact) mass is 229 g/mol. The molecule has 6 heteroatoms. The van der Waals surface area contributed by atoms with Crippen molar-refractivity contribution in [3.05, 3.63) is 0 Å². The molecule has 0 spiro atoms. The number of ether oxygens (including phenoxy) is 1. The smallest absolute Gasteiger partial charge is 0.214 e. The number of hydrogen-bond donors (Lipinski definition) is 1. The Bertz CT molecular complexity index is 228. The highest BCUT2D eigenvalue weighted by atomic mass is 35.5. The van der Waals surface area contributed by atoms with Gasteiger partial charge in [0.15, 0.2) is 0 Å². The summed E-state index contributed by atoms with van der Waals surface area (Å²) in [5.41, 5.74) is 0. The fraction of sp³-hybridized carbons (Fsp3) is 1.00. The summed E-state index contributed by atoms with van der Waals surface area (Å²) in [4.78, 5) is 0. The number of halogens is 1. The average Bonchev–Trinajstić information content (AvgIpc) is 2.03. The summed E-state index contributed by atoms with van der Waals surface area (Å²) < 4.78 is 30.0. The molecule has 0 aliphatic rings. The first-order chi connectivity index (χ1) is 5.94. The second kappa shape index (κ2) is 5.80. The lowest BCUT2D eigenvalue weighted by Crippen LogP contribution is -2.42. The van der Waals surface area contributed by atoms with E-state index < -0.39 is 15.3 Å². The highest BCUT2D eigenvalue weighted by molar-refractivity contribution is 7.90. The molecular weight excluding hydrogens is 214 g/mol. The van der Waals surface area contributed by atoms with Crippen LogP contribution in [0.25, 0.3) is 0 Å². The van der Waals surface area contributed by atoms with Crippen LogP contribution in [0.5, 0.6) is 0 Å². The maximum absolute atomic E-state index is 11.3. The van der Waals surface area contributed by atoms with Crippen LogP contribution >= 0.6 is 11.6 Å². The van der Waals surface area contributed by atoms with Crippen LogP contribution in [0.3, 0.4) is 0 Å². The highest BCUT2D eigenvalue weighted by Crippen LogP contribution is 2.00. The first kappa shape index (κ1) is 13.2. The summed E-state index contributed by atoms with van der Waals surface area (Å²) in [5, 5.41) is -0.449. The molecule has 0 rings (SSSR count). The van der Waals surface area contributed by atoms with Gasteiger partial charge in [-0.15, -0.1) is 11.6 Å². The maximum Gasteiger partial charge on any atom is 0.214 e. The standard InChI is InChI=1S/C7H16ClNO3S/c1-6(2)13(10,11)9-7(4-8)5-12-3/h6-7,9H,4-5H2,1-3H3. The van der Waals surface area contributed by atoms with Gasteiger partial charge in [-0.05, 0) is 13.8 Å². The molecule has 80 valence electrons. The van der Waals surface area contributed by atoms with Gasteiger partial charge < -0.3 is 4.74 Å². The van der Waals surface area contributed by atoms with Gasteiger partial charge in [0.1, 0.15) is 0 Å². The average molecular weight is 230 g/mol. The zero-order valence-corrected chi connectivity index (χ0v) is 9.65. The Labute approximate surface area is 84.7 Å². The van der Waals surface area contributed by atoms with E-state index in [-0.39, 0.29) is 18.5 Å². The predicted octanol–water partition coefficient (Wildman–Crippen LogP) is 0.568. The van der Waals surface area contributed by atoms with Crippen molar-refractivity contribution in [2.45, 2.75) is 25.1 Å². The minimum Gasteiger partial charge on any atom is -0.383 e. The fourth-order valence-electron chi connectivity index (χ4n) is 0.680. The Morgan fingerprint density at radius 3 is 2.31 bits per heavy atom. The molecule has 0 aliphatic carbocycles. The van der Waals surface area contributed by atoms with Crippen LogP contribution in [-0.4, -0.2) is 39.3 Å². The van der Waals surface area contributed by atoms with Gasteiger partial charge in [0.25, 0.3) is 0 Å². The maximum atomic E-state index is 11.3. The number of methoxy groups -OCH3 is 1. The molecule has 1 unspecified atom stereocenters. The molecule has 0 bridgehead atoms. The van der Waals surface area contributed by atoms with Gasteiger partial charge in [0, 0.05) is 13.0 Å². The quantitative estimate of drug-likeness (QED) is 0.678. The van der Waals surface area contributed by atoms with E-state index in [1.54, 1.807) is 13.8 Å². The molecule has 0 heterocycles. The second-order valence-electron chi connectivity index (χ2n) is 3.02. The van der Waals surface area contributed by atoms with E-state index in [1.807, 2.05) is 0 Å². The van der Waals surface area contributed by atoms with Crippen molar-refractivity contribution in [2.24, 2.45) is 0 Å². The first-order valence-electron chi connectivity index (χ1n) is 4.00. The molecular formula is C7H16ClNO3S. The molecule has 0 amide bonds. The van der Waals surface area contributed by atoms with E-state index in [0.29, 0.717) is 0 Å². The van der Waals surface area contributed by atoms with Crippen molar-refractivity contribution in [2.75, 3.05) is 19.6 Å². The van der Waals surface area contributed by atoms with Gasteiger partial charge >= 0.3 is 0 Å². The number of nitrogens with one attached hydrogen (secondary N) is 1. The molecule has 0 aromatic carbocycles. The van der Waals surface area contributed by atoms with Gasteiger partial charge in [-0.1, -0.05) is 0 Å². The zero-order chi connectivity index (χ0) is 10.5. The third-order valence-electron chi connectivity index (χ3n) is 1.51. The van der Waals surface area contributed by atoms with Gasteiger partial charge in [0.2, 0.25) is 10.0 Å². The van der Waals surface area contributed by atoms with Crippen molar-refractivity contribution >= 4 is 21.6 Å². The van der Waals surface area contributed by atoms with Gasteiger partial charge in [0.05, 0.1) is 17.9 Å². The van der Waals surface area contributed by atoms with Crippen molar-refractivity contribution in [3.8, 4) is 0 Å². The number of alkyl halides is 1. The van der Waals surface area contributed by atoms with Gasteiger partial charge in [-0.25, -0.2) is 13.1 Å².